The van der Waals surface area contributed by atoms with E-state index in [0.29, 0.717) is 6.42 Å². The minimum absolute atomic E-state index is 0.209. The van der Waals surface area contributed by atoms with E-state index in [0.717, 1.165) is 24.3 Å². The van der Waals surface area contributed by atoms with Crippen molar-refractivity contribution in [3.05, 3.63) is 24.3 Å². The molecule has 5 nitrogen and oxygen atoms in total. The van der Waals surface area contributed by atoms with Gasteiger partial charge in [-0.25, -0.2) is 13.1 Å². The van der Waals surface area contributed by atoms with E-state index in [1.165, 1.54) is 0 Å². The van der Waals surface area contributed by atoms with E-state index in [-0.39, 0.29) is 11.5 Å². The van der Waals surface area contributed by atoms with Crippen LogP contribution in [0.3, 0.4) is 0 Å². The molecule has 0 amide bonds. The Hall–Kier alpha value is -1.32. The molecule has 0 saturated carbocycles. The van der Waals surface area contributed by atoms with Crippen LogP contribution in [0.2, 0.25) is 0 Å². The minimum atomic E-state index is -4.83. The first kappa shape index (κ1) is 16.7. The molecule has 1 rings (SSSR count). The van der Waals surface area contributed by atoms with Crippen LogP contribution in [-0.4, -0.2) is 32.5 Å². The highest BCUT2D eigenvalue weighted by atomic mass is 32.2. The molecule has 0 radical (unpaired) electrons. The Bertz CT molecular complexity index is 524. The van der Waals surface area contributed by atoms with Crippen molar-refractivity contribution in [2.75, 3.05) is 6.61 Å². The van der Waals surface area contributed by atoms with Crippen LogP contribution in [0.1, 0.15) is 13.3 Å². The number of halogens is 3. The number of ether oxygens (including phenoxy) is 1. The molecule has 9 heteroatoms. The van der Waals surface area contributed by atoms with Crippen LogP contribution in [0.4, 0.5) is 13.2 Å². The minimum Gasteiger partial charge on any atom is -0.406 e. The van der Waals surface area contributed by atoms with E-state index in [4.69, 9.17) is 5.11 Å². The maximum atomic E-state index is 12.0. The molecule has 20 heavy (non-hydrogen) atoms. The molecule has 0 heterocycles. The molecule has 1 aromatic carbocycles. The molecule has 0 aliphatic carbocycles. The van der Waals surface area contributed by atoms with Crippen molar-refractivity contribution in [3.63, 3.8) is 0 Å². The zero-order chi connectivity index (χ0) is 15.4. The molecule has 0 spiro atoms. The zero-order valence-electron chi connectivity index (χ0n) is 10.5. The Labute approximate surface area is 114 Å². The number of nitrogens with one attached hydrogen (secondary N) is 1. The summed E-state index contributed by atoms with van der Waals surface area (Å²) < 4.78 is 65.5. The largest absolute Gasteiger partial charge is 0.573 e. The van der Waals surface area contributed by atoms with Crippen LogP contribution >= 0.6 is 0 Å². The van der Waals surface area contributed by atoms with E-state index < -0.39 is 28.2 Å². The number of hydrogen-bond donors (Lipinski definition) is 2. The molecule has 0 unspecified atom stereocenters. The quantitative estimate of drug-likeness (QED) is 0.837. The van der Waals surface area contributed by atoms with E-state index in [1.807, 2.05) is 0 Å². The Balaban J connectivity index is 2.87. The molecule has 1 aromatic rings. The van der Waals surface area contributed by atoms with Crippen molar-refractivity contribution < 1.29 is 31.4 Å². The van der Waals surface area contributed by atoms with E-state index >= 15 is 0 Å². The van der Waals surface area contributed by atoms with Gasteiger partial charge in [-0.3, -0.25) is 0 Å². The summed E-state index contributed by atoms with van der Waals surface area (Å²) in [6.45, 7) is 1.31. The second kappa shape index (κ2) is 6.42. The fraction of sp³-hybridized carbons (Fsp3) is 0.455. The summed E-state index contributed by atoms with van der Waals surface area (Å²) >= 11 is 0. The maximum Gasteiger partial charge on any atom is 0.573 e. The third-order valence-electron chi connectivity index (χ3n) is 2.40. The lowest BCUT2D eigenvalue weighted by Crippen LogP contribution is -2.36. The molecule has 1 atom stereocenters. The van der Waals surface area contributed by atoms with Gasteiger partial charge in [-0.1, -0.05) is 6.92 Å². The Morgan fingerprint density at radius 2 is 1.85 bits per heavy atom. The van der Waals surface area contributed by atoms with Crippen molar-refractivity contribution in [1.82, 2.24) is 4.72 Å². The highest BCUT2D eigenvalue weighted by Crippen LogP contribution is 2.23. The monoisotopic (exact) mass is 313 g/mol. The fourth-order valence-corrected chi connectivity index (χ4v) is 2.67. The van der Waals surface area contributed by atoms with Crippen LogP contribution in [0.5, 0.6) is 5.75 Å². The first-order chi connectivity index (χ1) is 9.18. The fourth-order valence-electron chi connectivity index (χ4n) is 1.36. The van der Waals surface area contributed by atoms with Gasteiger partial charge in [-0.05, 0) is 30.7 Å². The van der Waals surface area contributed by atoms with Gasteiger partial charge in [0.15, 0.2) is 0 Å². The highest BCUT2D eigenvalue weighted by Gasteiger charge is 2.31. The van der Waals surface area contributed by atoms with Crippen molar-refractivity contribution >= 4 is 10.0 Å². The number of aliphatic hydroxyl groups excluding tert-OH is 1. The SMILES string of the molecule is CC[C@@H](CO)NS(=O)(=O)c1ccc(OC(F)(F)F)cc1. The zero-order valence-corrected chi connectivity index (χ0v) is 11.3. The summed E-state index contributed by atoms with van der Waals surface area (Å²) in [6.07, 6.45) is -4.45. The second-order valence-corrected chi connectivity index (χ2v) is 5.64. The number of benzene rings is 1. The maximum absolute atomic E-state index is 12.0. The standard InChI is InChI=1S/C11H14F3NO4S/c1-2-8(7-16)15-20(17,18)10-5-3-9(4-6-10)19-11(12,13)14/h3-6,8,15-16H,2,7H2,1H3/t8-/m0/s1. The third kappa shape index (κ3) is 4.99. The van der Waals surface area contributed by atoms with Crippen LogP contribution in [0.25, 0.3) is 0 Å². The van der Waals surface area contributed by atoms with E-state index in [2.05, 4.69) is 9.46 Å². The van der Waals surface area contributed by atoms with Crippen molar-refractivity contribution in [1.29, 1.82) is 0 Å². The van der Waals surface area contributed by atoms with Crippen LogP contribution in [0, 0.1) is 0 Å². The average molecular weight is 313 g/mol. The second-order valence-electron chi connectivity index (χ2n) is 3.93. The Kier molecular flexibility index (Phi) is 5.37. The molecule has 0 aliphatic rings. The number of alkyl halides is 3. The van der Waals surface area contributed by atoms with E-state index in [1.54, 1.807) is 6.92 Å². The topological polar surface area (TPSA) is 75.6 Å². The predicted octanol–water partition coefficient (Wildman–Crippen LogP) is 1.63. The Morgan fingerprint density at radius 1 is 1.30 bits per heavy atom. The van der Waals surface area contributed by atoms with Gasteiger partial charge in [0, 0.05) is 6.04 Å². The molecule has 114 valence electrons. The summed E-state index contributed by atoms with van der Waals surface area (Å²) in [5, 5.41) is 8.94. The summed E-state index contributed by atoms with van der Waals surface area (Å²) in [5.41, 5.74) is 0. The number of hydrogen-bond acceptors (Lipinski definition) is 4. The van der Waals surface area contributed by atoms with Gasteiger partial charge >= 0.3 is 6.36 Å². The molecule has 0 fully saturated rings. The normalized spacial score (nSPS) is 14.1. The number of sulfonamides is 1. The molecular weight excluding hydrogens is 299 g/mol. The van der Waals surface area contributed by atoms with Gasteiger partial charge in [-0.15, -0.1) is 13.2 Å². The lowest BCUT2D eigenvalue weighted by molar-refractivity contribution is -0.274. The third-order valence-corrected chi connectivity index (χ3v) is 3.94. The predicted molar refractivity (Wildman–Crippen MR) is 64.6 cm³/mol. The van der Waals surface area contributed by atoms with Gasteiger partial charge in [-0.2, -0.15) is 0 Å². The molecule has 0 saturated heterocycles. The lowest BCUT2D eigenvalue weighted by atomic mass is 10.3. The van der Waals surface area contributed by atoms with Crippen LogP contribution in [-0.2, 0) is 10.0 Å². The molecule has 0 aliphatic heterocycles. The summed E-state index contributed by atoms with van der Waals surface area (Å²) in [6, 6.07) is 3.15. The van der Waals surface area contributed by atoms with Crippen LogP contribution < -0.4 is 9.46 Å². The first-order valence-electron chi connectivity index (χ1n) is 5.67. The van der Waals surface area contributed by atoms with E-state index in [9.17, 15) is 21.6 Å². The van der Waals surface area contributed by atoms with Crippen molar-refractivity contribution in [2.24, 2.45) is 0 Å². The number of aliphatic hydroxyl groups is 1. The van der Waals surface area contributed by atoms with Gasteiger partial charge in [0.05, 0.1) is 11.5 Å². The average Bonchev–Trinajstić information content (AvgIpc) is 2.34. The van der Waals surface area contributed by atoms with Gasteiger partial charge < -0.3 is 9.84 Å². The lowest BCUT2D eigenvalue weighted by Gasteiger charge is -2.14. The molecular formula is C11H14F3NO4S. The van der Waals surface area contributed by atoms with Crippen molar-refractivity contribution in [3.8, 4) is 5.75 Å². The molecule has 0 aromatic heterocycles. The molecule has 2 N–H and O–H groups in total. The van der Waals surface area contributed by atoms with Gasteiger partial charge in [0.2, 0.25) is 10.0 Å². The highest BCUT2D eigenvalue weighted by molar-refractivity contribution is 7.89. The Morgan fingerprint density at radius 3 is 2.25 bits per heavy atom. The first-order valence-corrected chi connectivity index (χ1v) is 7.15. The van der Waals surface area contributed by atoms with Crippen LogP contribution in [0.15, 0.2) is 29.2 Å². The molecule has 0 bridgehead atoms. The number of rotatable bonds is 6. The smallest absolute Gasteiger partial charge is 0.406 e. The summed E-state index contributed by atoms with van der Waals surface area (Å²) in [5.74, 6) is -0.509. The van der Waals surface area contributed by atoms with Crippen molar-refractivity contribution in [2.45, 2.75) is 30.6 Å². The summed E-state index contributed by atoms with van der Waals surface area (Å²) in [7, 11) is -3.89. The van der Waals surface area contributed by atoms with Gasteiger partial charge in [0.25, 0.3) is 0 Å². The summed E-state index contributed by atoms with van der Waals surface area (Å²) in [4.78, 5) is -0.209. The van der Waals surface area contributed by atoms with Gasteiger partial charge in [0.1, 0.15) is 5.75 Å².